The van der Waals surface area contributed by atoms with Crippen LogP contribution in [0.2, 0.25) is 0 Å². The zero-order valence-electron chi connectivity index (χ0n) is 65.5. The summed E-state index contributed by atoms with van der Waals surface area (Å²) in [4.78, 5) is 42.8. The summed E-state index contributed by atoms with van der Waals surface area (Å²) >= 11 is 0. The molecule has 3 saturated carbocycles. The molecule has 2 aliphatic heterocycles. The number of rotatable bonds is 42. The minimum Gasteiger partial charge on any atom is -0.508 e. The number of allylic oxidation sites excluding steroid dienone is 10. The Morgan fingerprint density at radius 3 is 1.06 bits per heavy atom. The molecule has 0 amide bonds. The standard InChI is InChI=1S/C36H53NO4.C26H41NO4S2.C25H39NO4S2/c1-3-4-5-6-7-8-9-10-11-12-13-14-15-16-17-18-20-23-35(39)41-31-37(2)30-34(32-24-26-33(38)27-25-32)36(40)28-21-19-22-29-36;1-25(17-18-32-33-25)14-8-5-9-24(28)31-20-27(2)19-23(26(29)15-6-4-7-16-26)21-10-12-22(30-3)13-11-21;1-24(16-17-31-32-24)13-7-4-8-23(28)30-19-26(2)18-22(20-9-11-21(27)12-10-20)25(29)14-5-3-6-15-25/h4-5,7-8,10-11,13-14,16-17,24-27,34,38,40H,3,6,9,12,15,18-23,28-31H2,1-2H3;10-13,23,29H,4-9,14-20H2,1-3H3;9-12,22,27,29H,3-8,13-19H2,1-2H3/b5-4-,8-7-,11-10-,14-13-,17-16-;;/t;23?,25-;22?,24-/m.11/s1. The van der Waals surface area contributed by atoms with Crippen LogP contribution in [-0.4, -0.2) is 164 Å². The van der Waals surface area contributed by atoms with Gasteiger partial charge in [-0.25, -0.2) is 0 Å². The van der Waals surface area contributed by atoms with Gasteiger partial charge in [-0.15, -0.1) is 0 Å². The Kier molecular flexibility index (Phi) is 42.2. The maximum atomic E-state index is 12.3. The van der Waals surface area contributed by atoms with Crippen LogP contribution in [0, 0.1) is 0 Å². The first kappa shape index (κ1) is 90.2. The predicted octanol–water partition coefficient (Wildman–Crippen LogP) is 20.2. The predicted molar refractivity (Wildman–Crippen MR) is 444 cm³/mol. The van der Waals surface area contributed by atoms with E-state index in [4.69, 9.17) is 18.9 Å². The first-order valence-electron chi connectivity index (χ1n) is 39.9. The molecule has 5 N–H and O–H groups in total. The van der Waals surface area contributed by atoms with Crippen LogP contribution < -0.4 is 4.74 Å². The van der Waals surface area contributed by atoms with Crippen LogP contribution in [0.3, 0.4) is 0 Å². The summed E-state index contributed by atoms with van der Waals surface area (Å²) in [6.45, 7) is 9.32. The number of carbonyl (C=O) groups is 3. The van der Waals surface area contributed by atoms with E-state index in [0.29, 0.717) is 48.4 Å². The Bertz CT molecular complexity index is 3080. The van der Waals surface area contributed by atoms with E-state index in [9.17, 15) is 39.9 Å². The van der Waals surface area contributed by atoms with Gasteiger partial charge in [0.05, 0.1) is 23.9 Å². The molecule has 2 saturated heterocycles. The molecular formula is C87H133N3O12S4. The largest absolute Gasteiger partial charge is 0.508 e. The van der Waals surface area contributed by atoms with Gasteiger partial charge < -0.3 is 44.5 Å². The molecule has 0 radical (unpaired) electrons. The lowest BCUT2D eigenvalue weighted by Gasteiger charge is -2.41. The summed E-state index contributed by atoms with van der Waals surface area (Å²) in [5.74, 6) is 3.03. The Balaban J connectivity index is 0.000000251. The molecule has 5 aliphatic rings. The van der Waals surface area contributed by atoms with Crippen molar-refractivity contribution in [1.29, 1.82) is 0 Å². The van der Waals surface area contributed by atoms with Crippen LogP contribution in [-0.2, 0) is 28.6 Å². The third-order valence-corrected chi connectivity index (χ3v) is 28.3. The van der Waals surface area contributed by atoms with Gasteiger partial charge >= 0.3 is 17.9 Å². The highest BCUT2D eigenvalue weighted by Crippen LogP contribution is 2.51. The smallest absolute Gasteiger partial charge is 0.307 e. The van der Waals surface area contributed by atoms with Crippen molar-refractivity contribution < 1.29 is 58.9 Å². The molecule has 0 aromatic heterocycles. The first-order chi connectivity index (χ1) is 51.1. The van der Waals surface area contributed by atoms with Crippen LogP contribution in [0.15, 0.2) is 134 Å². The van der Waals surface area contributed by atoms with Crippen LogP contribution in [0.4, 0.5) is 0 Å². The van der Waals surface area contributed by atoms with E-state index in [-0.39, 0.29) is 67.4 Å². The third-order valence-electron chi connectivity index (χ3n) is 21.6. The van der Waals surface area contributed by atoms with Crippen molar-refractivity contribution >= 4 is 61.1 Å². The normalized spacial score (nSPS) is 21.0. The van der Waals surface area contributed by atoms with Gasteiger partial charge in [0.1, 0.15) is 37.4 Å². The maximum absolute atomic E-state index is 12.3. The van der Waals surface area contributed by atoms with E-state index < -0.39 is 16.8 Å². The SMILES string of the molecule is CC/C=C\C/C=C\C/C=C\C/C=C\C/C=C\CCCC(=O)OCN(C)CC(c1ccc(O)cc1)C1(O)CCCCC1.CN(COC(=O)CCCC[C@]1(C)CCSS1)CC(c1ccc(O)cc1)C1(O)CCCCC1.COc1ccc(C(CN(C)COC(=O)CCCC[C@]2(C)CCSS2)C2(O)CCCCC2)cc1. The van der Waals surface area contributed by atoms with E-state index in [1.807, 2.05) is 115 Å². The Morgan fingerprint density at radius 2 is 0.745 bits per heavy atom. The summed E-state index contributed by atoms with van der Waals surface area (Å²) in [6.07, 6.45) is 52.9. The molecule has 5 fully saturated rings. The second kappa shape index (κ2) is 49.6. The van der Waals surface area contributed by atoms with E-state index >= 15 is 0 Å². The molecule has 0 spiro atoms. The topological polar surface area (TPSA) is 199 Å². The van der Waals surface area contributed by atoms with Crippen molar-refractivity contribution in [1.82, 2.24) is 14.7 Å². The van der Waals surface area contributed by atoms with Gasteiger partial charge in [0.15, 0.2) is 0 Å². The molecule has 3 unspecified atom stereocenters. The molecule has 8 rings (SSSR count). The number of hydrogen-bond acceptors (Lipinski definition) is 19. The Hall–Kier alpha value is -4.67. The van der Waals surface area contributed by atoms with Crippen molar-refractivity contribution in [2.75, 3.05) is 79.6 Å². The molecule has 15 nitrogen and oxygen atoms in total. The molecule has 592 valence electrons. The summed E-state index contributed by atoms with van der Waals surface area (Å²) in [5, 5.41) is 53.8. The average Bonchev–Trinajstić information content (AvgIpc) is 1.04. The first-order valence-corrected chi connectivity index (χ1v) is 44.5. The Morgan fingerprint density at radius 1 is 0.434 bits per heavy atom. The molecule has 3 aromatic carbocycles. The number of aromatic hydroxyl groups is 2. The highest BCUT2D eigenvalue weighted by atomic mass is 33.1. The summed E-state index contributed by atoms with van der Waals surface area (Å²) in [5.41, 5.74) is 0.853. The summed E-state index contributed by atoms with van der Waals surface area (Å²) in [7, 11) is 15.4. The van der Waals surface area contributed by atoms with E-state index in [2.05, 4.69) is 93.7 Å². The lowest BCUT2D eigenvalue weighted by atomic mass is 9.72. The molecular weight excluding hydrogens is 1410 g/mol. The number of methoxy groups -OCH3 is 1. The van der Waals surface area contributed by atoms with Gasteiger partial charge in [0.2, 0.25) is 0 Å². The number of phenols is 2. The number of unbranched alkanes of at least 4 members (excludes halogenated alkanes) is 3. The number of benzene rings is 3. The second-order valence-corrected chi connectivity index (χ2v) is 36.9. The van der Waals surface area contributed by atoms with Gasteiger partial charge in [-0.3, -0.25) is 29.1 Å². The number of aliphatic hydroxyl groups is 3. The molecule has 2 heterocycles. The number of phenolic OH excluding ortho intramolecular Hbond substituents is 2. The number of nitrogens with zero attached hydrogens (tertiary/aromatic N) is 3. The zero-order valence-corrected chi connectivity index (χ0v) is 68.8. The Labute approximate surface area is 654 Å². The molecule has 106 heavy (non-hydrogen) atoms. The minimum atomic E-state index is -0.783. The highest BCUT2D eigenvalue weighted by Gasteiger charge is 2.42. The molecule has 5 atom stereocenters. The van der Waals surface area contributed by atoms with Crippen molar-refractivity contribution in [2.45, 2.75) is 277 Å². The van der Waals surface area contributed by atoms with Gasteiger partial charge in [-0.1, -0.05) is 218 Å². The number of esters is 3. The fourth-order valence-corrected chi connectivity index (χ4v) is 21.6. The van der Waals surface area contributed by atoms with Crippen LogP contribution in [0.5, 0.6) is 17.2 Å². The van der Waals surface area contributed by atoms with Crippen LogP contribution >= 0.6 is 43.2 Å². The number of likely N-dealkylation sites (N-methyl/N-ethyl adjacent to an activating group) is 3. The summed E-state index contributed by atoms with van der Waals surface area (Å²) < 4.78 is 22.7. The number of carbonyl (C=O) groups excluding carboxylic acids is 3. The molecule has 19 heteroatoms. The third kappa shape index (κ3) is 34.3. The van der Waals surface area contributed by atoms with Crippen molar-refractivity contribution in [3.8, 4) is 17.2 Å². The van der Waals surface area contributed by atoms with Gasteiger partial charge in [0.25, 0.3) is 0 Å². The maximum Gasteiger partial charge on any atom is 0.307 e. The highest BCUT2D eigenvalue weighted by molar-refractivity contribution is 8.78. The lowest BCUT2D eigenvalue weighted by Crippen LogP contribution is -2.44. The molecule has 3 aromatic rings. The van der Waals surface area contributed by atoms with Gasteiger partial charge in [-0.05, 0) is 210 Å². The second-order valence-electron chi connectivity index (χ2n) is 30.9. The summed E-state index contributed by atoms with van der Waals surface area (Å²) in [6, 6.07) is 22.3. The fraction of sp³-hybridized carbons (Fsp3) is 0.644. The quantitative estimate of drug-likeness (QED) is 0.00895. The number of hydrogen-bond donors (Lipinski definition) is 5. The number of ether oxygens (including phenoxy) is 4. The van der Waals surface area contributed by atoms with E-state index in [1.54, 1.807) is 31.4 Å². The van der Waals surface area contributed by atoms with Crippen molar-refractivity contribution in [3.63, 3.8) is 0 Å². The fourth-order valence-electron chi connectivity index (χ4n) is 15.0. The van der Waals surface area contributed by atoms with Crippen molar-refractivity contribution in [2.24, 2.45) is 0 Å². The average molecular weight is 1540 g/mol. The lowest BCUT2D eigenvalue weighted by molar-refractivity contribution is -0.149. The molecule has 0 bridgehead atoms. The van der Waals surface area contributed by atoms with E-state index in [0.717, 1.165) is 189 Å². The van der Waals surface area contributed by atoms with Crippen molar-refractivity contribution in [3.05, 3.63) is 150 Å². The zero-order chi connectivity index (χ0) is 76.4. The minimum absolute atomic E-state index is 0.0325. The monoisotopic (exact) mass is 1540 g/mol. The van der Waals surface area contributed by atoms with E-state index in [1.165, 1.54) is 37.2 Å². The molecule has 3 aliphatic carbocycles. The van der Waals surface area contributed by atoms with Crippen LogP contribution in [0.1, 0.15) is 267 Å². The van der Waals surface area contributed by atoms with Gasteiger partial charge in [0, 0.05) is 77.7 Å². The van der Waals surface area contributed by atoms with Crippen LogP contribution in [0.25, 0.3) is 0 Å². The van der Waals surface area contributed by atoms with Gasteiger partial charge in [-0.2, -0.15) is 0 Å².